The van der Waals surface area contributed by atoms with Crippen molar-refractivity contribution in [3.05, 3.63) is 29.3 Å². The van der Waals surface area contributed by atoms with Crippen molar-refractivity contribution in [2.45, 2.75) is 19.5 Å². The molecular formula is C16H20F3N3O2. The molecule has 1 aromatic rings. The number of rotatable bonds is 8. The van der Waals surface area contributed by atoms with E-state index in [1.54, 1.807) is 6.07 Å². The van der Waals surface area contributed by atoms with E-state index in [1.807, 2.05) is 6.92 Å². The first-order chi connectivity index (χ1) is 11.4. The number of alkyl halides is 3. The number of carbonyl (C=O) groups is 1. The predicted molar refractivity (Wildman–Crippen MR) is 84.8 cm³/mol. The van der Waals surface area contributed by atoms with Crippen LogP contribution in [-0.2, 0) is 15.7 Å². The molecule has 1 aliphatic rings. The molecule has 2 atom stereocenters. The van der Waals surface area contributed by atoms with E-state index >= 15 is 0 Å². The van der Waals surface area contributed by atoms with Crippen molar-refractivity contribution in [2.24, 2.45) is 16.9 Å². The van der Waals surface area contributed by atoms with E-state index in [4.69, 9.17) is 4.74 Å². The Morgan fingerprint density at radius 1 is 1.46 bits per heavy atom. The van der Waals surface area contributed by atoms with Gasteiger partial charge in [0.25, 0.3) is 0 Å². The van der Waals surface area contributed by atoms with E-state index in [0.717, 1.165) is 12.5 Å². The van der Waals surface area contributed by atoms with Gasteiger partial charge in [0.2, 0.25) is 6.41 Å². The van der Waals surface area contributed by atoms with E-state index in [0.29, 0.717) is 30.2 Å². The van der Waals surface area contributed by atoms with Crippen LogP contribution in [0.4, 0.5) is 18.9 Å². The summed E-state index contributed by atoms with van der Waals surface area (Å²) in [6, 6.07) is 4.05. The number of amides is 1. The maximum atomic E-state index is 13.4. The molecule has 1 amide bonds. The van der Waals surface area contributed by atoms with Crippen LogP contribution < -0.4 is 10.7 Å². The first-order valence-corrected chi connectivity index (χ1v) is 7.59. The molecule has 132 valence electrons. The smallest absolute Gasteiger partial charge is 0.383 e. The monoisotopic (exact) mass is 343 g/mol. The van der Waals surface area contributed by atoms with Crippen LogP contribution in [0.1, 0.15) is 24.5 Å². The standard InChI is InChI=1S/C16H20F3N3O2/c1-10-7-12(10)15(22-21-9-23)11-3-4-14(20-5-6-24-2)13(8-11)16(17,18)19/h3-4,8-10,12,20H,5-7H2,1-2H3,(H,21,23)/b22-15-. The van der Waals surface area contributed by atoms with Crippen molar-refractivity contribution in [1.29, 1.82) is 0 Å². The summed E-state index contributed by atoms with van der Waals surface area (Å²) >= 11 is 0. The summed E-state index contributed by atoms with van der Waals surface area (Å²) < 4.78 is 44.9. The topological polar surface area (TPSA) is 62.7 Å². The predicted octanol–water partition coefficient (Wildman–Crippen LogP) is 2.87. The Morgan fingerprint density at radius 2 is 2.17 bits per heavy atom. The molecule has 0 aromatic heterocycles. The maximum Gasteiger partial charge on any atom is 0.418 e. The molecule has 0 aliphatic heterocycles. The third-order valence-corrected chi connectivity index (χ3v) is 3.94. The molecule has 5 nitrogen and oxygen atoms in total. The summed E-state index contributed by atoms with van der Waals surface area (Å²) in [5.41, 5.74) is 2.27. The highest BCUT2D eigenvalue weighted by Crippen LogP contribution is 2.42. The van der Waals surface area contributed by atoms with Crippen molar-refractivity contribution < 1.29 is 22.7 Å². The van der Waals surface area contributed by atoms with Gasteiger partial charge >= 0.3 is 6.18 Å². The second-order valence-electron chi connectivity index (χ2n) is 5.74. The molecule has 0 spiro atoms. The van der Waals surface area contributed by atoms with Gasteiger partial charge in [-0.2, -0.15) is 18.3 Å². The number of nitrogens with one attached hydrogen (secondary N) is 2. The van der Waals surface area contributed by atoms with Crippen molar-refractivity contribution in [3.63, 3.8) is 0 Å². The number of benzene rings is 1. The number of nitrogens with zero attached hydrogens (tertiary/aromatic N) is 1. The number of methoxy groups -OCH3 is 1. The molecule has 1 aliphatic carbocycles. The number of anilines is 1. The van der Waals surface area contributed by atoms with Gasteiger partial charge in [0.05, 0.1) is 17.9 Å². The Balaban J connectivity index is 2.35. The lowest BCUT2D eigenvalue weighted by Crippen LogP contribution is -2.17. The highest BCUT2D eigenvalue weighted by atomic mass is 19.4. The van der Waals surface area contributed by atoms with Gasteiger partial charge in [0, 0.05) is 25.3 Å². The van der Waals surface area contributed by atoms with Crippen LogP contribution in [-0.4, -0.2) is 32.4 Å². The fraction of sp³-hybridized carbons (Fsp3) is 0.500. The van der Waals surface area contributed by atoms with Crippen molar-refractivity contribution >= 4 is 17.8 Å². The van der Waals surface area contributed by atoms with Crippen LogP contribution in [0.3, 0.4) is 0 Å². The van der Waals surface area contributed by atoms with E-state index < -0.39 is 11.7 Å². The summed E-state index contributed by atoms with van der Waals surface area (Å²) in [7, 11) is 1.48. The van der Waals surface area contributed by atoms with E-state index in [9.17, 15) is 18.0 Å². The Hall–Kier alpha value is -2.09. The van der Waals surface area contributed by atoms with Gasteiger partial charge in [0.1, 0.15) is 0 Å². The Morgan fingerprint density at radius 3 is 2.71 bits per heavy atom. The molecule has 1 fully saturated rings. The Labute approximate surface area is 138 Å². The lowest BCUT2D eigenvalue weighted by atomic mass is 10.0. The molecular weight excluding hydrogens is 323 g/mol. The quantitative estimate of drug-likeness (QED) is 0.330. The van der Waals surface area contributed by atoms with Crippen LogP contribution in [0.2, 0.25) is 0 Å². The number of hydrogen-bond acceptors (Lipinski definition) is 4. The second-order valence-corrected chi connectivity index (χ2v) is 5.74. The van der Waals surface area contributed by atoms with Gasteiger partial charge in [-0.05, 0) is 30.0 Å². The Bertz CT molecular complexity index is 617. The minimum absolute atomic E-state index is 0.00478. The SMILES string of the molecule is COCCNc1ccc(/C(=N/NC=O)C2CC2C)cc1C(F)(F)F. The Kier molecular flexibility index (Phi) is 5.82. The zero-order valence-corrected chi connectivity index (χ0v) is 13.5. The molecule has 2 unspecified atom stereocenters. The molecule has 0 radical (unpaired) electrons. The van der Waals surface area contributed by atoms with Crippen LogP contribution in [0.5, 0.6) is 0 Å². The number of hydrazone groups is 1. The van der Waals surface area contributed by atoms with Crippen molar-refractivity contribution in [1.82, 2.24) is 5.43 Å². The summed E-state index contributed by atoms with van der Waals surface area (Å²) in [4.78, 5) is 10.5. The third kappa shape index (κ3) is 4.47. The van der Waals surface area contributed by atoms with Crippen LogP contribution in [0.15, 0.2) is 23.3 Å². The molecule has 0 bridgehead atoms. The number of halogens is 3. The van der Waals surface area contributed by atoms with E-state index in [-0.39, 0.29) is 18.2 Å². The highest BCUT2D eigenvalue weighted by Gasteiger charge is 2.39. The zero-order valence-electron chi connectivity index (χ0n) is 13.5. The molecule has 1 saturated carbocycles. The van der Waals surface area contributed by atoms with Crippen molar-refractivity contribution in [3.8, 4) is 0 Å². The first kappa shape index (κ1) is 18.3. The largest absolute Gasteiger partial charge is 0.418 e. The zero-order chi connectivity index (χ0) is 17.7. The van der Waals surface area contributed by atoms with E-state index in [2.05, 4.69) is 15.8 Å². The van der Waals surface area contributed by atoms with Crippen molar-refractivity contribution in [2.75, 3.05) is 25.6 Å². The van der Waals surface area contributed by atoms with Crippen LogP contribution >= 0.6 is 0 Å². The average Bonchev–Trinajstić information content (AvgIpc) is 3.24. The number of hydrogen-bond donors (Lipinski definition) is 2. The molecule has 2 rings (SSSR count). The van der Waals surface area contributed by atoms with Gasteiger partial charge in [-0.25, -0.2) is 5.43 Å². The minimum atomic E-state index is -4.50. The second kappa shape index (κ2) is 7.65. The lowest BCUT2D eigenvalue weighted by Gasteiger charge is -2.16. The minimum Gasteiger partial charge on any atom is -0.383 e. The third-order valence-electron chi connectivity index (χ3n) is 3.94. The van der Waals surface area contributed by atoms with Gasteiger partial charge in [-0.1, -0.05) is 13.0 Å². The molecule has 0 saturated heterocycles. The average molecular weight is 343 g/mol. The van der Waals surface area contributed by atoms with Crippen LogP contribution in [0, 0.1) is 11.8 Å². The summed E-state index contributed by atoms with van der Waals surface area (Å²) in [6.07, 6.45) is -3.25. The molecule has 0 heterocycles. The first-order valence-electron chi connectivity index (χ1n) is 7.59. The number of ether oxygens (including phenoxy) is 1. The fourth-order valence-corrected chi connectivity index (χ4v) is 2.54. The molecule has 1 aromatic carbocycles. The molecule has 2 N–H and O–H groups in total. The van der Waals surface area contributed by atoms with Crippen LogP contribution in [0.25, 0.3) is 0 Å². The van der Waals surface area contributed by atoms with Gasteiger partial charge in [-0.15, -0.1) is 0 Å². The fourth-order valence-electron chi connectivity index (χ4n) is 2.54. The van der Waals surface area contributed by atoms with Gasteiger partial charge in [-0.3, -0.25) is 4.79 Å². The summed E-state index contributed by atoms with van der Waals surface area (Å²) in [5.74, 6) is 0.400. The summed E-state index contributed by atoms with van der Waals surface area (Å²) in [6.45, 7) is 2.56. The number of carbonyl (C=O) groups excluding carboxylic acids is 1. The highest BCUT2D eigenvalue weighted by molar-refractivity contribution is 6.04. The normalized spacial score (nSPS) is 20.6. The van der Waals surface area contributed by atoms with E-state index in [1.165, 1.54) is 13.2 Å². The maximum absolute atomic E-state index is 13.4. The molecule has 8 heteroatoms. The molecule has 24 heavy (non-hydrogen) atoms. The lowest BCUT2D eigenvalue weighted by molar-refractivity contribution is -0.137. The summed E-state index contributed by atoms with van der Waals surface area (Å²) in [5, 5.41) is 6.67. The van der Waals surface area contributed by atoms with Gasteiger partial charge < -0.3 is 10.1 Å². The van der Waals surface area contributed by atoms with Gasteiger partial charge in [0.15, 0.2) is 0 Å².